The molecule has 0 spiro atoms. The number of aliphatic hydroxyl groups is 3. The molecule has 0 heterocycles. The van der Waals surface area contributed by atoms with E-state index in [1.165, 1.54) is 7.11 Å². The van der Waals surface area contributed by atoms with E-state index >= 15 is 0 Å². The minimum atomic E-state index is -1.40. The summed E-state index contributed by atoms with van der Waals surface area (Å²) in [5.41, 5.74) is 0. The van der Waals surface area contributed by atoms with Crippen molar-refractivity contribution in [2.24, 2.45) is 0 Å². The molecule has 0 radical (unpaired) electrons. The van der Waals surface area contributed by atoms with Crippen LogP contribution in [-0.4, -0.2) is 54.1 Å². The maximum absolute atomic E-state index is 8.92. The number of aliphatic hydroxyl groups excluding tert-OH is 3. The molecule has 0 bridgehead atoms. The molecule has 0 amide bonds. The molecule has 0 aliphatic carbocycles. The number of rotatable bonds is 7. The zero-order chi connectivity index (χ0) is 10.3. The Morgan fingerprint density at radius 3 is 1.93 bits per heavy atom. The van der Waals surface area contributed by atoms with E-state index in [9.17, 15) is 0 Å². The molecule has 0 aromatic rings. The zero-order valence-corrected chi connectivity index (χ0v) is 8.06. The number of ether oxygens (including phenoxy) is 2. The van der Waals surface area contributed by atoms with Gasteiger partial charge in [0.25, 0.3) is 0 Å². The van der Waals surface area contributed by atoms with Gasteiger partial charge in [-0.15, -0.1) is 0 Å². The standard InChI is InChI=1S/C8H18O5.CH4/c1-3-7(4-9)13-8(5-10,6-11)12-2;/h7,9-11H,3-6H2,1-2H3;1H4. The fourth-order valence-corrected chi connectivity index (χ4v) is 0.855. The number of methoxy groups -OCH3 is 1. The maximum atomic E-state index is 8.92. The van der Waals surface area contributed by atoms with Crippen molar-refractivity contribution in [2.45, 2.75) is 32.7 Å². The normalized spacial score (nSPS) is 13.5. The Hall–Kier alpha value is -0.200. The van der Waals surface area contributed by atoms with Gasteiger partial charge in [-0.25, -0.2) is 0 Å². The topological polar surface area (TPSA) is 79.2 Å². The highest BCUT2D eigenvalue weighted by atomic mass is 16.7. The van der Waals surface area contributed by atoms with E-state index < -0.39 is 25.1 Å². The Balaban J connectivity index is 0. The van der Waals surface area contributed by atoms with Crippen LogP contribution < -0.4 is 0 Å². The van der Waals surface area contributed by atoms with Crippen molar-refractivity contribution in [3.63, 3.8) is 0 Å². The van der Waals surface area contributed by atoms with Crippen LogP contribution in [0.2, 0.25) is 0 Å². The molecular weight excluding hydrogens is 188 g/mol. The Bertz CT molecular complexity index is 112. The van der Waals surface area contributed by atoms with Crippen molar-refractivity contribution in [2.75, 3.05) is 26.9 Å². The molecule has 0 aromatic carbocycles. The van der Waals surface area contributed by atoms with Crippen LogP contribution >= 0.6 is 0 Å². The molecule has 0 rings (SSSR count). The Morgan fingerprint density at radius 1 is 1.21 bits per heavy atom. The van der Waals surface area contributed by atoms with E-state index in [2.05, 4.69) is 0 Å². The van der Waals surface area contributed by atoms with E-state index in [1.54, 1.807) is 0 Å². The van der Waals surface area contributed by atoms with Gasteiger partial charge in [0.1, 0.15) is 0 Å². The van der Waals surface area contributed by atoms with Crippen LogP contribution in [0.4, 0.5) is 0 Å². The fourth-order valence-electron chi connectivity index (χ4n) is 0.855. The lowest BCUT2D eigenvalue weighted by molar-refractivity contribution is -0.282. The molecular formula is C9H22O5. The van der Waals surface area contributed by atoms with E-state index in [0.717, 1.165) is 0 Å². The van der Waals surface area contributed by atoms with Crippen LogP contribution in [0.3, 0.4) is 0 Å². The monoisotopic (exact) mass is 210 g/mol. The van der Waals surface area contributed by atoms with Crippen molar-refractivity contribution < 1.29 is 24.8 Å². The summed E-state index contributed by atoms with van der Waals surface area (Å²) >= 11 is 0. The summed E-state index contributed by atoms with van der Waals surface area (Å²) in [6.07, 6.45) is 0.154. The van der Waals surface area contributed by atoms with Crippen molar-refractivity contribution in [3.05, 3.63) is 0 Å². The maximum Gasteiger partial charge on any atom is 0.215 e. The van der Waals surface area contributed by atoms with Gasteiger partial charge in [-0.2, -0.15) is 0 Å². The molecule has 1 unspecified atom stereocenters. The Labute approximate surface area is 85.3 Å². The highest BCUT2D eigenvalue weighted by Crippen LogP contribution is 2.15. The SMILES string of the molecule is C.CCC(CO)OC(CO)(CO)OC. The lowest BCUT2D eigenvalue weighted by Gasteiger charge is -2.31. The Morgan fingerprint density at radius 2 is 1.71 bits per heavy atom. The van der Waals surface area contributed by atoms with Crippen LogP contribution in [0.15, 0.2) is 0 Å². The Kier molecular flexibility index (Phi) is 9.44. The lowest BCUT2D eigenvalue weighted by atomic mass is 10.2. The second kappa shape index (κ2) is 8.14. The van der Waals surface area contributed by atoms with Gasteiger partial charge >= 0.3 is 0 Å². The molecule has 0 aliphatic heterocycles. The first-order chi connectivity index (χ1) is 6.17. The highest BCUT2D eigenvalue weighted by Gasteiger charge is 2.32. The van der Waals surface area contributed by atoms with Gasteiger partial charge < -0.3 is 24.8 Å². The van der Waals surface area contributed by atoms with Gasteiger partial charge in [0.2, 0.25) is 5.79 Å². The van der Waals surface area contributed by atoms with Gasteiger partial charge in [0, 0.05) is 7.11 Å². The molecule has 88 valence electrons. The molecule has 0 fully saturated rings. The van der Waals surface area contributed by atoms with Crippen molar-refractivity contribution >= 4 is 0 Å². The molecule has 3 N–H and O–H groups in total. The molecule has 0 saturated heterocycles. The summed E-state index contributed by atoms with van der Waals surface area (Å²) < 4.78 is 10.0. The third-order valence-corrected chi connectivity index (χ3v) is 1.89. The third-order valence-electron chi connectivity index (χ3n) is 1.89. The molecule has 0 aromatic heterocycles. The molecule has 1 atom stereocenters. The van der Waals surface area contributed by atoms with Gasteiger partial charge in [-0.1, -0.05) is 14.4 Å². The van der Waals surface area contributed by atoms with Crippen molar-refractivity contribution in [3.8, 4) is 0 Å². The van der Waals surface area contributed by atoms with E-state index in [0.29, 0.717) is 6.42 Å². The second-order valence-electron chi connectivity index (χ2n) is 2.76. The summed E-state index contributed by atoms with van der Waals surface area (Å²) in [6, 6.07) is 0. The van der Waals surface area contributed by atoms with Crippen LogP contribution in [0.1, 0.15) is 20.8 Å². The molecule has 5 heteroatoms. The van der Waals surface area contributed by atoms with Crippen molar-refractivity contribution in [1.82, 2.24) is 0 Å². The lowest BCUT2D eigenvalue weighted by Crippen LogP contribution is -2.46. The van der Waals surface area contributed by atoms with E-state index in [1.807, 2.05) is 6.92 Å². The quantitative estimate of drug-likeness (QED) is 0.504. The zero-order valence-electron chi connectivity index (χ0n) is 8.06. The first kappa shape index (κ1) is 16.2. The molecule has 0 saturated carbocycles. The third kappa shape index (κ3) is 4.34. The predicted octanol–water partition coefficient (Wildman–Crippen LogP) is -0.263. The minimum Gasteiger partial charge on any atom is -0.394 e. The minimum absolute atomic E-state index is 0. The van der Waals surface area contributed by atoms with Crippen LogP contribution in [0.5, 0.6) is 0 Å². The molecule has 5 nitrogen and oxygen atoms in total. The van der Waals surface area contributed by atoms with Crippen molar-refractivity contribution in [1.29, 1.82) is 0 Å². The molecule has 0 aliphatic rings. The first-order valence-corrected chi connectivity index (χ1v) is 4.23. The van der Waals surface area contributed by atoms with Gasteiger partial charge in [0.15, 0.2) is 0 Å². The van der Waals surface area contributed by atoms with Gasteiger partial charge in [-0.05, 0) is 6.42 Å². The summed E-state index contributed by atoms with van der Waals surface area (Å²) in [6.45, 7) is 0.769. The van der Waals surface area contributed by atoms with Crippen LogP contribution in [0.25, 0.3) is 0 Å². The smallest absolute Gasteiger partial charge is 0.215 e. The van der Waals surface area contributed by atoms with Gasteiger partial charge in [-0.3, -0.25) is 0 Å². The van der Waals surface area contributed by atoms with Crippen LogP contribution in [-0.2, 0) is 9.47 Å². The fraction of sp³-hybridized carbons (Fsp3) is 1.00. The van der Waals surface area contributed by atoms with E-state index in [4.69, 9.17) is 24.8 Å². The summed E-state index contributed by atoms with van der Waals surface area (Å²) in [5.74, 6) is -1.40. The van der Waals surface area contributed by atoms with Crippen LogP contribution in [0, 0.1) is 0 Å². The summed E-state index contributed by atoms with van der Waals surface area (Å²) in [7, 11) is 1.33. The summed E-state index contributed by atoms with van der Waals surface area (Å²) in [5, 5.41) is 26.7. The number of hydrogen-bond donors (Lipinski definition) is 3. The first-order valence-electron chi connectivity index (χ1n) is 4.23. The van der Waals surface area contributed by atoms with Gasteiger partial charge in [0.05, 0.1) is 25.9 Å². The summed E-state index contributed by atoms with van der Waals surface area (Å²) in [4.78, 5) is 0. The molecule has 14 heavy (non-hydrogen) atoms. The predicted molar refractivity (Wildman–Crippen MR) is 52.9 cm³/mol. The average Bonchev–Trinajstić information content (AvgIpc) is 2.21. The second-order valence-corrected chi connectivity index (χ2v) is 2.76. The highest BCUT2D eigenvalue weighted by molar-refractivity contribution is 4.69. The largest absolute Gasteiger partial charge is 0.394 e. The average molecular weight is 210 g/mol. The van der Waals surface area contributed by atoms with E-state index in [-0.39, 0.29) is 14.0 Å². The number of hydrogen-bond acceptors (Lipinski definition) is 5.